The number of carbonyl (C=O) groups is 1. The van der Waals surface area contributed by atoms with Gasteiger partial charge < -0.3 is 19.9 Å². The van der Waals surface area contributed by atoms with Crippen molar-refractivity contribution in [2.75, 3.05) is 12.9 Å². The maximum absolute atomic E-state index is 13.3. The normalized spacial score (nSPS) is 15.3. The van der Waals surface area contributed by atoms with Crippen LogP contribution in [0.3, 0.4) is 0 Å². The lowest BCUT2D eigenvalue weighted by Crippen LogP contribution is -2.28. The molecule has 2 heterocycles. The summed E-state index contributed by atoms with van der Waals surface area (Å²) >= 11 is 1.26. The summed E-state index contributed by atoms with van der Waals surface area (Å²) in [4.78, 5) is 17.9. The minimum atomic E-state index is -0.790. The Bertz CT molecular complexity index is 1330. The molecule has 0 unspecified atom stereocenters. The first-order chi connectivity index (χ1) is 17.1. The van der Waals surface area contributed by atoms with Gasteiger partial charge in [-0.2, -0.15) is 10.5 Å². The zero-order valence-electron chi connectivity index (χ0n) is 21.1. The van der Waals surface area contributed by atoms with Crippen LogP contribution in [0.25, 0.3) is 0 Å². The van der Waals surface area contributed by atoms with Crippen molar-refractivity contribution in [1.29, 1.82) is 10.5 Å². The molecule has 0 bridgehead atoms. The van der Waals surface area contributed by atoms with Crippen molar-refractivity contribution in [1.82, 2.24) is 4.98 Å². The van der Waals surface area contributed by atoms with Crippen molar-refractivity contribution in [2.24, 2.45) is 5.73 Å². The van der Waals surface area contributed by atoms with Crippen LogP contribution in [-0.4, -0.2) is 29.9 Å². The zero-order chi connectivity index (χ0) is 26.6. The summed E-state index contributed by atoms with van der Waals surface area (Å²) in [5, 5.41) is 20.2. The van der Waals surface area contributed by atoms with Crippen LogP contribution >= 0.6 is 11.8 Å². The molecule has 1 aromatic heterocycles. The number of ether oxygens (including phenoxy) is 3. The molecular weight excluding hydrogens is 476 g/mol. The molecule has 0 radical (unpaired) electrons. The number of carbonyl (C=O) groups excluding carboxylic acids is 1. The van der Waals surface area contributed by atoms with Crippen molar-refractivity contribution < 1.29 is 19.0 Å². The minimum absolute atomic E-state index is 0.0836. The Morgan fingerprint density at radius 1 is 1.17 bits per heavy atom. The second-order valence-corrected chi connectivity index (χ2v) is 9.48. The third-order valence-electron chi connectivity index (χ3n) is 5.92. The van der Waals surface area contributed by atoms with Crippen molar-refractivity contribution in [3.05, 3.63) is 75.0 Å². The molecule has 1 atom stereocenters. The van der Waals surface area contributed by atoms with Gasteiger partial charge in [0.2, 0.25) is 5.88 Å². The fourth-order valence-corrected chi connectivity index (χ4v) is 4.86. The van der Waals surface area contributed by atoms with Gasteiger partial charge in [0.15, 0.2) is 0 Å². The van der Waals surface area contributed by atoms with Crippen molar-refractivity contribution in [3.63, 3.8) is 0 Å². The van der Waals surface area contributed by atoms with Crippen LogP contribution in [0, 0.1) is 43.4 Å². The van der Waals surface area contributed by atoms with Crippen LogP contribution in [0.15, 0.2) is 52.1 Å². The Kier molecular flexibility index (Phi) is 8.29. The fraction of sp³-hybridized carbons (Fsp3) is 0.333. The minimum Gasteiger partial charge on any atom is -0.497 e. The summed E-state index contributed by atoms with van der Waals surface area (Å²) in [5.74, 6) is -0.442. The molecule has 0 amide bonds. The molecule has 1 aromatic carbocycles. The van der Waals surface area contributed by atoms with Gasteiger partial charge in [0.05, 0.1) is 36.0 Å². The summed E-state index contributed by atoms with van der Waals surface area (Å²) < 4.78 is 16.6. The summed E-state index contributed by atoms with van der Waals surface area (Å²) in [7, 11) is 1.56. The van der Waals surface area contributed by atoms with Gasteiger partial charge in [-0.25, -0.2) is 9.78 Å². The number of pyridine rings is 1. The van der Waals surface area contributed by atoms with Gasteiger partial charge in [0, 0.05) is 5.69 Å². The van der Waals surface area contributed by atoms with Gasteiger partial charge >= 0.3 is 5.97 Å². The molecule has 8 nitrogen and oxygen atoms in total. The Balaban J connectivity index is 2.13. The van der Waals surface area contributed by atoms with Crippen LogP contribution in [0.5, 0.6) is 5.75 Å². The second kappa shape index (κ2) is 11.2. The first kappa shape index (κ1) is 26.7. The highest BCUT2D eigenvalue weighted by molar-refractivity contribution is 7.99. The number of aromatic nitrogens is 1. The van der Waals surface area contributed by atoms with Gasteiger partial charge in [-0.15, -0.1) is 0 Å². The van der Waals surface area contributed by atoms with E-state index in [1.807, 2.05) is 20.8 Å². The topological polar surface area (TPSA) is 131 Å². The highest BCUT2D eigenvalue weighted by atomic mass is 32.2. The van der Waals surface area contributed by atoms with E-state index in [1.165, 1.54) is 11.8 Å². The van der Waals surface area contributed by atoms with E-state index >= 15 is 0 Å². The van der Waals surface area contributed by atoms with E-state index in [1.54, 1.807) is 45.2 Å². The van der Waals surface area contributed by atoms with Gasteiger partial charge in [-0.1, -0.05) is 23.9 Å². The molecule has 0 spiro atoms. The standard InChI is InChI=1S/C27H28N4O4S/c1-14(2)34-27(32)24-22(13-36-26-20(11-28)16(4)15(3)17(5)31-26)35-25(30)21(12-29)23(24)18-7-9-19(33-6)10-8-18/h7-10,14,23H,13,30H2,1-6H3/t23-/m0/s1. The van der Waals surface area contributed by atoms with Crippen LogP contribution in [-0.2, 0) is 14.3 Å². The molecule has 186 valence electrons. The molecular formula is C27H28N4O4S. The number of thioether (sulfide) groups is 1. The molecule has 2 aromatic rings. The Morgan fingerprint density at radius 3 is 2.39 bits per heavy atom. The number of nitrogens with two attached hydrogens (primary N) is 1. The van der Waals surface area contributed by atoms with Gasteiger partial charge in [0.25, 0.3) is 0 Å². The van der Waals surface area contributed by atoms with Crippen LogP contribution in [0.1, 0.15) is 47.7 Å². The Morgan fingerprint density at radius 2 is 1.83 bits per heavy atom. The smallest absolute Gasteiger partial charge is 0.338 e. The zero-order valence-corrected chi connectivity index (χ0v) is 21.9. The van der Waals surface area contributed by atoms with E-state index in [0.717, 1.165) is 16.8 Å². The third kappa shape index (κ3) is 5.32. The number of allylic oxidation sites excluding steroid dienone is 1. The largest absolute Gasteiger partial charge is 0.497 e. The lowest BCUT2D eigenvalue weighted by molar-refractivity contribution is -0.143. The van der Waals surface area contributed by atoms with Gasteiger partial charge in [0.1, 0.15) is 34.2 Å². The SMILES string of the molecule is COc1ccc([C@H]2C(C#N)=C(N)OC(CSc3nc(C)c(C)c(C)c3C#N)=C2C(=O)OC(C)C)cc1. The predicted octanol–water partition coefficient (Wildman–Crippen LogP) is 4.69. The van der Waals surface area contributed by atoms with Crippen LogP contribution in [0.2, 0.25) is 0 Å². The number of hydrogen-bond acceptors (Lipinski definition) is 9. The molecule has 2 N–H and O–H groups in total. The van der Waals surface area contributed by atoms with Crippen LogP contribution < -0.4 is 10.5 Å². The third-order valence-corrected chi connectivity index (χ3v) is 6.90. The molecule has 0 saturated heterocycles. The number of nitriles is 2. The molecule has 0 fully saturated rings. The van der Waals surface area contributed by atoms with Gasteiger partial charge in [-0.3, -0.25) is 0 Å². The summed E-state index contributed by atoms with van der Waals surface area (Å²) in [6.07, 6.45) is -0.390. The maximum atomic E-state index is 13.3. The molecule has 3 rings (SSSR count). The number of benzene rings is 1. The quantitative estimate of drug-likeness (QED) is 0.421. The number of hydrogen-bond donors (Lipinski definition) is 1. The first-order valence-corrected chi connectivity index (χ1v) is 12.3. The molecule has 1 aliphatic heterocycles. The summed E-state index contributed by atoms with van der Waals surface area (Å²) in [5.41, 5.74) is 10.2. The lowest BCUT2D eigenvalue weighted by atomic mass is 9.83. The molecule has 0 saturated carbocycles. The van der Waals surface area contributed by atoms with E-state index in [2.05, 4.69) is 17.1 Å². The number of aryl methyl sites for hydroxylation is 1. The van der Waals surface area contributed by atoms with Crippen molar-refractivity contribution >= 4 is 17.7 Å². The molecule has 0 aliphatic carbocycles. The van der Waals surface area contributed by atoms with E-state index < -0.39 is 18.0 Å². The monoisotopic (exact) mass is 504 g/mol. The second-order valence-electron chi connectivity index (χ2n) is 8.52. The number of nitrogens with zero attached hydrogens (tertiary/aromatic N) is 3. The van der Waals surface area contributed by atoms with E-state index in [-0.39, 0.29) is 28.5 Å². The Hall–Kier alpha value is -3.95. The van der Waals surface area contributed by atoms with E-state index in [4.69, 9.17) is 19.9 Å². The highest BCUT2D eigenvalue weighted by Crippen LogP contribution is 2.42. The van der Waals surface area contributed by atoms with Crippen LogP contribution in [0.4, 0.5) is 0 Å². The number of rotatable bonds is 7. The number of methoxy groups -OCH3 is 1. The predicted molar refractivity (Wildman–Crippen MR) is 136 cm³/mol. The lowest BCUT2D eigenvalue weighted by Gasteiger charge is -2.28. The molecule has 36 heavy (non-hydrogen) atoms. The van der Waals surface area contributed by atoms with E-state index in [9.17, 15) is 15.3 Å². The highest BCUT2D eigenvalue weighted by Gasteiger charge is 2.38. The molecule has 1 aliphatic rings. The average Bonchev–Trinajstić information content (AvgIpc) is 2.85. The average molecular weight is 505 g/mol. The first-order valence-electron chi connectivity index (χ1n) is 11.3. The maximum Gasteiger partial charge on any atom is 0.338 e. The van der Waals surface area contributed by atoms with Crippen molar-refractivity contribution in [3.8, 4) is 17.9 Å². The summed E-state index contributed by atoms with van der Waals surface area (Å²) in [6, 6.07) is 11.4. The van der Waals surface area contributed by atoms with E-state index in [0.29, 0.717) is 21.9 Å². The number of esters is 1. The van der Waals surface area contributed by atoms with Gasteiger partial charge in [-0.05, 0) is 63.4 Å². The Labute approximate surface area is 215 Å². The molecule has 9 heteroatoms. The van der Waals surface area contributed by atoms with Crippen molar-refractivity contribution in [2.45, 2.75) is 51.7 Å². The summed E-state index contributed by atoms with van der Waals surface area (Å²) in [6.45, 7) is 9.18. The fourth-order valence-electron chi connectivity index (χ4n) is 3.84.